The average molecular weight is 309 g/mol. The van der Waals surface area contributed by atoms with E-state index in [2.05, 4.69) is 0 Å². The molecule has 1 aromatic carbocycles. The Morgan fingerprint density at radius 3 is 2.75 bits per heavy atom. The monoisotopic (exact) mass is 309 g/mol. The van der Waals surface area contributed by atoms with Gasteiger partial charge in [-0.1, -0.05) is 60.8 Å². The molecule has 0 radical (unpaired) electrons. The predicted octanol–water partition coefficient (Wildman–Crippen LogP) is 2.88. The Morgan fingerprint density at radius 1 is 1.40 bits per heavy atom. The number of aliphatic carboxylic acids is 1. The van der Waals surface area contributed by atoms with Gasteiger partial charge in [0.25, 0.3) is 0 Å². The average Bonchev–Trinajstić information content (AvgIpc) is 2.87. The molecule has 106 valence electrons. The number of hydrogen-bond acceptors (Lipinski definition) is 5. The number of carboxylic acids is 1. The van der Waals surface area contributed by atoms with Gasteiger partial charge in [0.15, 0.2) is 5.37 Å². The summed E-state index contributed by atoms with van der Waals surface area (Å²) in [5.74, 6) is -0.855. The molecule has 0 saturated carbocycles. The standard InChI is InChI=1S/C14H15NO3S2/c1-10(9-15-7-8-19-12(15)13(16)17)20-14(18)11-5-3-2-4-6-11/h2-8,10,12H,9H2,1H3,(H,16,17). The van der Waals surface area contributed by atoms with Crippen LogP contribution in [0.4, 0.5) is 0 Å². The molecule has 0 aromatic heterocycles. The van der Waals surface area contributed by atoms with E-state index in [0.717, 1.165) is 0 Å². The molecule has 2 rings (SSSR count). The highest BCUT2D eigenvalue weighted by atomic mass is 32.2. The van der Waals surface area contributed by atoms with Crippen LogP contribution < -0.4 is 0 Å². The SMILES string of the molecule is CC(CN1C=CSC1C(=O)O)SC(=O)c1ccccc1. The van der Waals surface area contributed by atoms with E-state index >= 15 is 0 Å². The summed E-state index contributed by atoms with van der Waals surface area (Å²) in [6.45, 7) is 2.46. The van der Waals surface area contributed by atoms with Crippen molar-refractivity contribution >= 4 is 34.6 Å². The van der Waals surface area contributed by atoms with Crippen molar-refractivity contribution in [2.45, 2.75) is 17.5 Å². The summed E-state index contributed by atoms with van der Waals surface area (Å²) in [6.07, 6.45) is 1.77. The van der Waals surface area contributed by atoms with Crippen LogP contribution in [0.3, 0.4) is 0 Å². The number of hydrogen-bond donors (Lipinski definition) is 1. The van der Waals surface area contributed by atoms with Gasteiger partial charge in [-0.2, -0.15) is 0 Å². The molecule has 1 heterocycles. The first-order valence-corrected chi connectivity index (χ1v) is 7.97. The molecule has 2 atom stereocenters. The molecule has 1 aliphatic heterocycles. The molecule has 4 nitrogen and oxygen atoms in total. The van der Waals surface area contributed by atoms with Crippen molar-refractivity contribution < 1.29 is 14.7 Å². The smallest absolute Gasteiger partial charge is 0.337 e. The zero-order valence-electron chi connectivity index (χ0n) is 10.9. The van der Waals surface area contributed by atoms with Gasteiger partial charge < -0.3 is 10.0 Å². The molecule has 6 heteroatoms. The van der Waals surface area contributed by atoms with Crippen LogP contribution in [0.1, 0.15) is 17.3 Å². The molecule has 1 aromatic rings. The van der Waals surface area contributed by atoms with E-state index in [1.54, 1.807) is 28.6 Å². The molecule has 0 bridgehead atoms. The molecule has 20 heavy (non-hydrogen) atoms. The lowest BCUT2D eigenvalue weighted by Gasteiger charge is -2.24. The Balaban J connectivity index is 1.89. The van der Waals surface area contributed by atoms with Crippen molar-refractivity contribution in [2.24, 2.45) is 0 Å². The van der Waals surface area contributed by atoms with Crippen molar-refractivity contribution in [2.75, 3.05) is 6.54 Å². The van der Waals surface area contributed by atoms with Crippen LogP contribution >= 0.6 is 23.5 Å². The first-order valence-electron chi connectivity index (χ1n) is 6.14. The lowest BCUT2D eigenvalue weighted by molar-refractivity contribution is -0.138. The van der Waals surface area contributed by atoms with Crippen molar-refractivity contribution in [1.82, 2.24) is 4.90 Å². The Bertz CT molecular complexity index is 518. The van der Waals surface area contributed by atoms with Gasteiger partial charge >= 0.3 is 5.97 Å². The third-order valence-corrected chi connectivity index (χ3v) is 4.77. The number of rotatable bonds is 5. The van der Waals surface area contributed by atoms with E-state index < -0.39 is 11.3 Å². The molecule has 0 saturated heterocycles. The second-order valence-electron chi connectivity index (χ2n) is 4.39. The molecular weight excluding hydrogens is 294 g/mol. The van der Waals surface area contributed by atoms with Crippen LogP contribution in [0.5, 0.6) is 0 Å². The van der Waals surface area contributed by atoms with Crippen LogP contribution in [-0.2, 0) is 4.79 Å². The maximum atomic E-state index is 12.0. The summed E-state index contributed by atoms with van der Waals surface area (Å²) in [5.41, 5.74) is 0.672. The number of benzene rings is 1. The van der Waals surface area contributed by atoms with E-state index in [-0.39, 0.29) is 10.4 Å². The zero-order valence-corrected chi connectivity index (χ0v) is 12.6. The van der Waals surface area contributed by atoms with E-state index in [9.17, 15) is 9.59 Å². The van der Waals surface area contributed by atoms with Crippen LogP contribution in [0, 0.1) is 0 Å². The zero-order chi connectivity index (χ0) is 14.5. The van der Waals surface area contributed by atoms with E-state index in [1.165, 1.54) is 23.5 Å². The number of nitrogens with zero attached hydrogens (tertiary/aromatic N) is 1. The third-order valence-electron chi connectivity index (χ3n) is 2.76. The normalized spacial score (nSPS) is 19.1. The quantitative estimate of drug-likeness (QED) is 0.902. The van der Waals surface area contributed by atoms with Crippen molar-refractivity contribution in [1.29, 1.82) is 0 Å². The minimum atomic E-state index is -0.855. The second kappa shape index (κ2) is 6.85. The van der Waals surface area contributed by atoms with Crippen LogP contribution in [0.25, 0.3) is 0 Å². The largest absolute Gasteiger partial charge is 0.479 e. The van der Waals surface area contributed by atoms with Crippen LogP contribution in [-0.4, -0.2) is 38.3 Å². The third kappa shape index (κ3) is 3.80. The van der Waals surface area contributed by atoms with Gasteiger partial charge in [0.1, 0.15) is 0 Å². The predicted molar refractivity (Wildman–Crippen MR) is 82.7 cm³/mol. The summed E-state index contributed by atoms with van der Waals surface area (Å²) in [4.78, 5) is 24.9. The second-order valence-corrected chi connectivity index (χ2v) is 6.79. The molecule has 0 amide bonds. The molecule has 0 spiro atoms. The molecule has 1 N–H and O–H groups in total. The molecular formula is C14H15NO3S2. The van der Waals surface area contributed by atoms with Crippen molar-refractivity contribution in [3.05, 3.63) is 47.5 Å². The summed E-state index contributed by atoms with van der Waals surface area (Å²) in [6, 6.07) is 9.10. The van der Waals surface area contributed by atoms with Gasteiger partial charge in [0, 0.05) is 23.6 Å². The fourth-order valence-electron chi connectivity index (χ4n) is 1.86. The minimum Gasteiger partial charge on any atom is -0.479 e. The number of carboxylic acid groups (broad SMARTS) is 1. The first kappa shape index (κ1) is 15.0. The van der Waals surface area contributed by atoms with Crippen LogP contribution in [0.2, 0.25) is 0 Å². The highest BCUT2D eigenvalue weighted by Gasteiger charge is 2.28. The topological polar surface area (TPSA) is 57.6 Å². The number of carbonyl (C=O) groups is 2. The minimum absolute atomic E-state index is 0.0146. The highest BCUT2D eigenvalue weighted by molar-refractivity contribution is 8.14. The van der Waals surface area contributed by atoms with Gasteiger partial charge in [-0.25, -0.2) is 4.79 Å². The number of thioether (sulfide) groups is 2. The molecule has 2 unspecified atom stereocenters. The molecule has 0 aliphatic carbocycles. The summed E-state index contributed by atoms with van der Waals surface area (Å²) >= 11 is 2.50. The lowest BCUT2D eigenvalue weighted by Crippen LogP contribution is -2.36. The maximum absolute atomic E-state index is 12.0. The summed E-state index contributed by atoms with van der Waals surface area (Å²) in [5, 5.41) is 10.3. The number of carbonyl (C=O) groups excluding carboxylic acids is 1. The Labute approximate surface area is 126 Å². The lowest BCUT2D eigenvalue weighted by atomic mass is 10.2. The Hall–Kier alpha value is -1.40. The van der Waals surface area contributed by atoms with Gasteiger partial charge in [0.2, 0.25) is 5.12 Å². The maximum Gasteiger partial charge on any atom is 0.337 e. The van der Waals surface area contributed by atoms with Gasteiger partial charge in [-0.05, 0) is 5.41 Å². The van der Waals surface area contributed by atoms with Crippen LogP contribution in [0.15, 0.2) is 41.9 Å². The molecule has 0 fully saturated rings. The van der Waals surface area contributed by atoms with Crippen molar-refractivity contribution in [3.8, 4) is 0 Å². The van der Waals surface area contributed by atoms with E-state index in [1.807, 2.05) is 25.1 Å². The van der Waals surface area contributed by atoms with E-state index in [4.69, 9.17) is 5.11 Å². The molecule has 1 aliphatic rings. The summed E-state index contributed by atoms with van der Waals surface area (Å²) in [7, 11) is 0. The van der Waals surface area contributed by atoms with Crippen molar-refractivity contribution in [3.63, 3.8) is 0 Å². The fourth-order valence-corrected chi connectivity index (χ4v) is 3.55. The Morgan fingerprint density at radius 2 is 2.10 bits per heavy atom. The highest BCUT2D eigenvalue weighted by Crippen LogP contribution is 2.27. The first-order chi connectivity index (χ1) is 9.58. The van der Waals surface area contributed by atoms with Gasteiger partial charge in [0.05, 0.1) is 0 Å². The fraction of sp³-hybridized carbons (Fsp3) is 0.286. The van der Waals surface area contributed by atoms with Gasteiger partial charge in [-0.3, -0.25) is 4.79 Å². The van der Waals surface area contributed by atoms with E-state index in [0.29, 0.717) is 12.1 Å². The Kier molecular flexibility index (Phi) is 5.14. The van der Waals surface area contributed by atoms with Gasteiger partial charge in [-0.15, -0.1) is 0 Å². The summed E-state index contributed by atoms with van der Waals surface area (Å²) < 4.78 is 0.